The van der Waals surface area contributed by atoms with Gasteiger partial charge in [-0.05, 0) is 22.6 Å². The number of hydrogen-bond acceptors (Lipinski definition) is 8. The molecular formula is C25H24N4O8S2. The molecular weight excluding hydrogens is 548 g/mol. The number of rotatable bonds is 10. The highest BCUT2D eigenvalue weighted by molar-refractivity contribution is 7.91. The molecule has 2 aromatic carbocycles. The average Bonchev–Trinajstić information content (AvgIpc) is 3.60. The predicted molar refractivity (Wildman–Crippen MR) is 140 cm³/mol. The molecule has 1 aliphatic rings. The molecule has 4 rings (SSSR count). The first-order chi connectivity index (χ1) is 18.6. The summed E-state index contributed by atoms with van der Waals surface area (Å²) in [6.07, 6.45) is -2.31. The second-order valence-electron chi connectivity index (χ2n) is 8.68. The Labute approximate surface area is 227 Å². The van der Waals surface area contributed by atoms with E-state index in [0.717, 1.165) is 26.6 Å². The number of carbonyl (C=O) groups is 3. The molecule has 39 heavy (non-hydrogen) atoms. The van der Waals surface area contributed by atoms with Gasteiger partial charge in [0.15, 0.2) is 6.17 Å². The third-order valence-electron chi connectivity index (χ3n) is 6.12. The van der Waals surface area contributed by atoms with E-state index < -0.39 is 51.4 Å². The number of benzene rings is 2. The third-order valence-corrected chi connectivity index (χ3v) is 9.35. The van der Waals surface area contributed by atoms with Crippen molar-refractivity contribution in [3.63, 3.8) is 0 Å². The minimum absolute atomic E-state index is 0.0153. The first-order valence-electron chi connectivity index (χ1n) is 11.7. The van der Waals surface area contributed by atoms with Crippen LogP contribution in [0.25, 0.3) is 0 Å². The van der Waals surface area contributed by atoms with Crippen molar-refractivity contribution in [2.75, 3.05) is 13.1 Å². The van der Waals surface area contributed by atoms with E-state index in [2.05, 4.69) is 5.32 Å². The summed E-state index contributed by atoms with van der Waals surface area (Å²) in [7, 11) is -4.18. The van der Waals surface area contributed by atoms with Gasteiger partial charge in [-0.15, -0.1) is 11.3 Å². The predicted octanol–water partition coefficient (Wildman–Crippen LogP) is 2.39. The topological polar surface area (TPSA) is 167 Å². The van der Waals surface area contributed by atoms with Crippen molar-refractivity contribution < 1.29 is 32.8 Å². The Hall–Kier alpha value is -4.14. The van der Waals surface area contributed by atoms with Crippen LogP contribution in [0.15, 0.2) is 76.3 Å². The van der Waals surface area contributed by atoms with Crippen LogP contribution in [0.1, 0.15) is 23.6 Å². The molecule has 2 amide bonds. The van der Waals surface area contributed by atoms with E-state index in [0.29, 0.717) is 5.56 Å². The Kier molecular flexibility index (Phi) is 8.38. The number of carboxylic acid groups (broad SMARTS) is 1. The minimum atomic E-state index is -4.18. The molecule has 14 heteroatoms. The van der Waals surface area contributed by atoms with Crippen molar-refractivity contribution in [2.24, 2.45) is 0 Å². The number of aliphatic carboxylic acids is 1. The molecule has 0 radical (unpaired) electrons. The second-order valence-corrected chi connectivity index (χ2v) is 11.7. The number of nitrogens with zero attached hydrogens (tertiary/aromatic N) is 3. The lowest BCUT2D eigenvalue weighted by molar-refractivity contribution is -0.384. The number of nitro benzene ring substituents is 1. The fourth-order valence-corrected chi connectivity index (χ4v) is 6.98. The number of carboxylic acids is 1. The van der Waals surface area contributed by atoms with E-state index in [1.165, 1.54) is 24.3 Å². The van der Waals surface area contributed by atoms with E-state index in [9.17, 15) is 38.0 Å². The molecule has 204 valence electrons. The molecule has 0 bridgehead atoms. The summed E-state index contributed by atoms with van der Waals surface area (Å²) in [6.45, 7) is -0.214. The number of sulfonamides is 1. The smallest absolute Gasteiger partial charge is 0.305 e. The van der Waals surface area contributed by atoms with Crippen LogP contribution in [0, 0.1) is 10.1 Å². The lowest BCUT2D eigenvalue weighted by Crippen LogP contribution is -2.54. The molecule has 12 nitrogen and oxygen atoms in total. The quantitative estimate of drug-likeness (QED) is 0.276. The van der Waals surface area contributed by atoms with Crippen molar-refractivity contribution in [1.82, 2.24) is 14.5 Å². The summed E-state index contributed by atoms with van der Waals surface area (Å²) in [5.74, 6) is -2.71. The normalized spacial score (nSPS) is 16.5. The highest BCUT2D eigenvalue weighted by Crippen LogP contribution is 2.29. The van der Waals surface area contributed by atoms with Gasteiger partial charge in [-0.25, -0.2) is 8.42 Å². The molecule has 1 aromatic heterocycles. The molecule has 0 aliphatic carbocycles. The van der Waals surface area contributed by atoms with Gasteiger partial charge in [0, 0.05) is 25.2 Å². The Morgan fingerprint density at radius 2 is 1.82 bits per heavy atom. The number of thiophene rings is 1. The molecule has 3 aromatic rings. The third kappa shape index (κ3) is 6.30. The lowest BCUT2D eigenvalue weighted by atomic mass is 10.0. The first-order valence-corrected chi connectivity index (χ1v) is 14.0. The summed E-state index contributed by atoms with van der Waals surface area (Å²) in [6, 6.07) is 15.6. The zero-order valence-corrected chi connectivity index (χ0v) is 22.0. The fourth-order valence-electron chi connectivity index (χ4n) is 4.32. The fraction of sp³-hybridized carbons (Fsp3) is 0.240. The number of nitrogens with one attached hydrogen (secondary N) is 1. The van der Waals surface area contributed by atoms with Crippen molar-refractivity contribution in [3.8, 4) is 0 Å². The Morgan fingerprint density at radius 3 is 2.46 bits per heavy atom. The van der Waals surface area contributed by atoms with Gasteiger partial charge in [-0.1, -0.05) is 48.5 Å². The summed E-state index contributed by atoms with van der Waals surface area (Å²) in [5, 5.41) is 24.8. The molecule has 2 atom stereocenters. The number of non-ortho nitro benzene ring substituents is 1. The highest BCUT2D eigenvalue weighted by atomic mass is 32.2. The molecule has 0 saturated carbocycles. The Bertz CT molecular complexity index is 1480. The van der Waals surface area contributed by atoms with Crippen LogP contribution in [0.4, 0.5) is 5.69 Å². The molecule has 1 fully saturated rings. The molecule has 0 spiro atoms. The Balaban J connectivity index is 1.68. The standard InChI is InChI=1S/C25H24N4O8S2/c30-21(14-17-6-2-1-3-7-17)27-11-12-28(39(36,37)23-10-5-13-38-23)25(27)24(33)26-20(16-22(31)32)18-8-4-9-19(15-18)29(34)35/h1-10,13,15,20,25H,11-12,14,16H2,(H,26,33)(H,31,32). The van der Waals surface area contributed by atoms with Gasteiger partial charge in [0.25, 0.3) is 21.6 Å². The van der Waals surface area contributed by atoms with Crippen molar-refractivity contribution in [3.05, 3.63) is 93.4 Å². The van der Waals surface area contributed by atoms with Gasteiger partial charge in [0.2, 0.25) is 5.91 Å². The van der Waals surface area contributed by atoms with Crippen LogP contribution in [-0.4, -0.2) is 64.7 Å². The number of hydrogen-bond donors (Lipinski definition) is 2. The zero-order chi connectivity index (χ0) is 28.2. The van der Waals surface area contributed by atoms with E-state index in [1.54, 1.807) is 41.8 Å². The first kappa shape index (κ1) is 27.9. The molecule has 2 N–H and O–H groups in total. The largest absolute Gasteiger partial charge is 0.481 e. The summed E-state index contributed by atoms with van der Waals surface area (Å²) < 4.78 is 27.8. The zero-order valence-electron chi connectivity index (χ0n) is 20.4. The van der Waals surface area contributed by atoms with Gasteiger partial charge in [-0.2, -0.15) is 4.31 Å². The van der Waals surface area contributed by atoms with Crippen LogP contribution in [0.3, 0.4) is 0 Å². The molecule has 1 aliphatic heterocycles. The van der Waals surface area contributed by atoms with E-state index in [1.807, 2.05) is 0 Å². The van der Waals surface area contributed by atoms with Crippen molar-refractivity contribution in [1.29, 1.82) is 0 Å². The Morgan fingerprint density at radius 1 is 1.08 bits per heavy atom. The minimum Gasteiger partial charge on any atom is -0.481 e. The van der Waals surface area contributed by atoms with Crippen LogP contribution < -0.4 is 5.32 Å². The van der Waals surface area contributed by atoms with Crippen molar-refractivity contribution >= 4 is 44.8 Å². The van der Waals surface area contributed by atoms with Crippen LogP contribution in [-0.2, 0) is 30.8 Å². The average molecular weight is 573 g/mol. The SMILES string of the molecule is O=C(O)CC(NC(=O)C1N(C(=O)Cc2ccccc2)CCN1S(=O)(=O)c1cccs1)c1cccc([N+](=O)[O-])c1. The maximum absolute atomic E-state index is 13.7. The number of amides is 2. The second kappa shape index (κ2) is 11.7. The summed E-state index contributed by atoms with van der Waals surface area (Å²) in [5.41, 5.74) is 0.508. The van der Waals surface area contributed by atoms with Gasteiger partial charge in [0.05, 0.1) is 23.8 Å². The molecule has 2 heterocycles. The summed E-state index contributed by atoms with van der Waals surface area (Å²) >= 11 is 0.960. The number of carbonyl (C=O) groups excluding carboxylic acids is 2. The van der Waals surface area contributed by atoms with E-state index >= 15 is 0 Å². The monoisotopic (exact) mass is 572 g/mol. The van der Waals surface area contributed by atoms with Gasteiger partial charge >= 0.3 is 5.97 Å². The van der Waals surface area contributed by atoms with Gasteiger partial charge < -0.3 is 15.3 Å². The van der Waals surface area contributed by atoms with Crippen LogP contribution >= 0.6 is 11.3 Å². The molecule has 1 saturated heterocycles. The lowest BCUT2D eigenvalue weighted by Gasteiger charge is -2.30. The van der Waals surface area contributed by atoms with E-state index in [4.69, 9.17) is 0 Å². The van der Waals surface area contributed by atoms with Gasteiger partial charge in [-0.3, -0.25) is 24.5 Å². The van der Waals surface area contributed by atoms with Gasteiger partial charge in [0.1, 0.15) is 4.21 Å². The maximum Gasteiger partial charge on any atom is 0.305 e. The highest BCUT2D eigenvalue weighted by Gasteiger charge is 2.47. The molecule has 2 unspecified atom stereocenters. The summed E-state index contributed by atoms with van der Waals surface area (Å²) in [4.78, 5) is 50.3. The maximum atomic E-state index is 13.7. The van der Waals surface area contributed by atoms with Crippen molar-refractivity contribution in [2.45, 2.75) is 29.3 Å². The van der Waals surface area contributed by atoms with Crippen LogP contribution in [0.2, 0.25) is 0 Å². The van der Waals surface area contributed by atoms with E-state index in [-0.39, 0.29) is 35.0 Å². The van der Waals surface area contributed by atoms with Crippen LogP contribution in [0.5, 0.6) is 0 Å². The number of nitro groups is 1.